The molecule has 0 spiro atoms. The fourth-order valence-electron chi connectivity index (χ4n) is 11.5. The molecule has 4 aliphatic carbocycles. The smallest absolute Gasteiger partial charge is 1.00 e. The van der Waals surface area contributed by atoms with Crippen molar-refractivity contribution in [2.75, 3.05) is 14.2 Å². The van der Waals surface area contributed by atoms with Crippen molar-refractivity contribution in [2.45, 2.75) is 235 Å². The minimum Gasteiger partial charge on any atom is -1.00 e. The maximum atomic E-state index is 6.08. The fraction of sp³-hybridized carbons (Fsp3) is 0.487. The Labute approximate surface area is 572 Å². The molecule has 0 heterocycles. The standard InChI is InChI=1S/2C20H27O.2C19H25.4ClH.2Zr/c2*1-19(2,3)16-12-15(14-10-8-9-11-14)13-17(18(16)21-7)20(4,5)6;2*1-18(2,3)16-11-15(14-9-7-8-10-14)12-17(13-16)19(4,5)6;;;;;;/h2*8,10,12-13H,9H2,1-7H3;2*7,9,11-13H,8H2,1-6H3;4*1H;;/q;;;;;;;;2*+2/p-4. The maximum Gasteiger partial charge on any atom is -1.00 e. The third kappa shape index (κ3) is 18.3. The fourth-order valence-corrected chi connectivity index (χ4v) is 19.0. The van der Waals surface area contributed by atoms with Crippen LogP contribution >= 0.6 is 0 Å². The van der Waals surface area contributed by atoms with Crippen molar-refractivity contribution in [2.24, 2.45) is 0 Å². The molecule has 86 heavy (non-hydrogen) atoms. The van der Waals surface area contributed by atoms with Crippen LogP contribution < -0.4 is 59.1 Å². The molecule has 0 aromatic heterocycles. The summed E-state index contributed by atoms with van der Waals surface area (Å²) in [5.41, 5.74) is 22.9. The van der Waals surface area contributed by atoms with Crippen molar-refractivity contribution < 1.29 is 106 Å². The summed E-state index contributed by atoms with van der Waals surface area (Å²) in [6.45, 7) is 55.7. The molecule has 0 saturated heterocycles. The summed E-state index contributed by atoms with van der Waals surface area (Å²) in [5.74, 6) is 2.09. The van der Waals surface area contributed by atoms with Gasteiger partial charge in [0.15, 0.2) is 0 Å². The van der Waals surface area contributed by atoms with E-state index in [9.17, 15) is 0 Å². The van der Waals surface area contributed by atoms with Crippen molar-refractivity contribution in [3.05, 3.63) is 189 Å². The van der Waals surface area contributed by atoms with E-state index >= 15 is 0 Å². The first-order chi connectivity index (χ1) is 37.6. The minimum absolute atomic E-state index is 0. The normalized spacial score (nSPS) is 15.5. The monoisotopic (exact) mass is 1390 g/mol. The second-order valence-corrected chi connectivity index (χ2v) is 39.2. The van der Waals surface area contributed by atoms with E-state index in [0.29, 0.717) is 0 Å². The molecule has 0 radical (unpaired) electrons. The Kier molecular flexibility index (Phi) is 26.0. The molecule has 0 saturated carbocycles. The summed E-state index contributed by atoms with van der Waals surface area (Å²) >= 11 is -1.96. The summed E-state index contributed by atoms with van der Waals surface area (Å²) in [7, 11) is 3.65. The molecular formula is C78H104Cl4O2Zr2. The van der Waals surface area contributed by atoms with Crippen LogP contribution in [0.3, 0.4) is 0 Å². The van der Waals surface area contributed by atoms with Gasteiger partial charge in [-0.25, -0.2) is 0 Å². The molecule has 0 atom stereocenters. The molecule has 4 aliphatic rings. The Morgan fingerprint density at radius 1 is 0.267 bits per heavy atom. The topological polar surface area (TPSA) is 18.5 Å². The van der Waals surface area contributed by atoms with Crippen molar-refractivity contribution in [1.29, 1.82) is 0 Å². The van der Waals surface area contributed by atoms with Gasteiger partial charge in [0.2, 0.25) is 0 Å². The van der Waals surface area contributed by atoms with Gasteiger partial charge in [-0.3, -0.25) is 0 Å². The molecule has 4 aromatic rings. The largest absolute Gasteiger partial charge is 1.00 e. The number of allylic oxidation sites excluding steroid dienone is 16. The molecule has 0 unspecified atom stereocenters. The first-order valence-electron chi connectivity index (χ1n) is 30.5. The predicted molar refractivity (Wildman–Crippen MR) is 351 cm³/mol. The van der Waals surface area contributed by atoms with E-state index in [1.54, 1.807) is 13.1 Å². The third-order valence-electron chi connectivity index (χ3n) is 16.7. The molecule has 0 fully saturated rings. The number of rotatable bonds is 10. The Morgan fingerprint density at radius 2 is 0.453 bits per heavy atom. The third-order valence-corrected chi connectivity index (χ3v) is 24.3. The SMILES string of the molecule is CC(C)(C)c1cc(C2=[C]([Zr+2][C]3=C(c4cc(C(C)(C)C)cc(C(C)(C)C)c4)C=CC3)CC=C2)cc(C(C)(C)C)c1.COc1c(C(C)(C)C)cc(C2=[C]([Zr+2][C]3=C(c4cc(C(C)(C)C)c(OC)c(C(C)(C)C)c4)C=CC3)CC=C2)cc1C(C)(C)C.[Cl-].[Cl-].[Cl-].[Cl-]. The first-order valence-corrected chi connectivity index (χ1v) is 35.4. The zero-order valence-corrected chi connectivity index (χ0v) is 65.5. The van der Waals surface area contributed by atoms with E-state index in [1.807, 2.05) is 14.2 Å². The molecule has 0 aliphatic heterocycles. The van der Waals surface area contributed by atoms with Gasteiger partial charge in [-0.1, -0.05) is 0 Å². The summed E-state index contributed by atoms with van der Waals surface area (Å²) < 4.78 is 19.0. The molecular weight excluding hydrogens is 1290 g/mol. The van der Waals surface area contributed by atoms with Gasteiger partial charge in [-0.2, -0.15) is 0 Å². The maximum absolute atomic E-state index is 6.08. The molecule has 4 aromatic carbocycles. The zero-order chi connectivity index (χ0) is 61.1. The predicted octanol–water partition coefficient (Wildman–Crippen LogP) is 10.0. The zero-order valence-electron chi connectivity index (χ0n) is 57.5. The van der Waals surface area contributed by atoms with Crippen molar-refractivity contribution in [1.82, 2.24) is 0 Å². The Morgan fingerprint density at radius 3 is 0.616 bits per heavy atom. The number of benzene rings is 4. The number of halogens is 4. The van der Waals surface area contributed by atoms with Crippen LogP contribution in [0, 0.1) is 0 Å². The molecule has 2 nitrogen and oxygen atoms in total. The van der Waals surface area contributed by atoms with Gasteiger partial charge < -0.3 is 49.6 Å². The molecule has 8 heteroatoms. The van der Waals surface area contributed by atoms with Crippen LogP contribution in [0.15, 0.2) is 122 Å². The summed E-state index contributed by atoms with van der Waals surface area (Å²) in [6, 6.07) is 24.4. The van der Waals surface area contributed by atoms with Crippen LogP contribution in [-0.2, 0) is 89.8 Å². The average Bonchev–Trinajstić information content (AvgIpc) is 3.53. The first kappa shape index (κ1) is 77.6. The van der Waals surface area contributed by atoms with E-state index in [0.717, 1.165) is 37.2 Å². The summed E-state index contributed by atoms with van der Waals surface area (Å²) in [4.78, 5) is 0. The molecule has 464 valence electrons. The van der Waals surface area contributed by atoms with Gasteiger partial charge in [-0.15, -0.1) is 0 Å². The van der Waals surface area contributed by atoms with Crippen molar-refractivity contribution in [3.8, 4) is 11.5 Å². The van der Waals surface area contributed by atoms with Crippen molar-refractivity contribution >= 4 is 22.3 Å². The van der Waals surface area contributed by atoms with Gasteiger partial charge in [0.25, 0.3) is 0 Å². The van der Waals surface area contributed by atoms with Gasteiger partial charge in [0.1, 0.15) is 0 Å². The second kappa shape index (κ2) is 28.9. The molecule has 0 amide bonds. The average molecular weight is 1400 g/mol. The summed E-state index contributed by atoms with van der Waals surface area (Å²) in [6.07, 6.45) is 23.6. The Balaban J connectivity index is 0.000000432. The van der Waals surface area contributed by atoms with Gasteiger partial charge in [0.05, 0.1) is 0 Å². The van der Waals surface area contributed by atoms with Crippen LogP contribution in [-0.4, -0.2) is 14.2 Å². The Bertz CT molecular complexity index is 3010. The van der Waals surface area contributed by atoms with Gasteiger partial charge in [-0.05, 0) is 0 Å². The van der Waals surface area contributed by atoms with E-state index in [1.165, 1.54) is 89.1 Å². The number of ether oxygens (including phenoxy) is 2. The Hall–Kier alpha value is -2.67. The van der Waals surface area contributed by atoms with E-state index in [-0.39, 0.29) is 92.9 Å². The minimum atomic E-state index is -1.03. The van der Waals surface area contributed by atoms with Crippen LogP contribution in [0.2, 0.25) is 0 Å². The van der Waals surface area contributed by atoms with Crippen LogP contribution in [0.25, 0.3) is 22.3 Å². The number of methoxy groups -OCH3 is 2. The molecule has 0 bridgehead atoms. The van der Waals surface area contributed by atoms with Crippen LogP contribution in [0.5, 0.6) is 11.5 Å². The van der Waals surface area contributed by atoms with E-state index in [2.05, 4.69) is 275 Å². The van der Waals surface area contributed by atoms with Crippen LogP contribution in [0.1, 0.15) is 259 Å². The molecule has 0 N–H and O–H groups in total. The van der Waals surface area contributed by atoms with Crippen LogP contribution in [0.4, 0.5) is 0 Å². The number of hydrogen-bond acceptors (Lipinski definition) is 2. The quantitative estimate of drug-likeness (QED) is 0.158. The van der Waals surface area contributed by atoms with Gasteiger partial charge >= 0.3 is 528 Å². The second-order valence-electron chi connectivity index (χ2n) is 32.1. The van der Waals surface area contributed by atoms with E-state index < -0.39 is 46.5 Å². The molecule has 8 rings (SSSR count). The van der Waals surface area contributed by atoms with Gasteiger partial charge in [0, 0.05) is 0 Å². The van der Waals surface area contributed by atoms with Crippen molar-refractivity contribution in [3.63, 3.8) is 0 Å². The van der Waals surface area contributed by atoms with E-state index in [4.69, 9.17) is 9.47 Å². The summed E-state index contributed by atoms with van der Waals surface area (Å²) in [5, 5.41) is 0. The number of hydrogen-bond donors (Lipinski definition) is 0.